The highest BCUT2D eigenvalue weighted by Crippen LogP contribution is 2.32. The molecule has 150 valence electrons. The Bertz CT molecular complexity index is 634. The summed E-state index contributed by atoms with van der Waals surface area (Å²) in [7, 11) is 0. The first-order chi connectivity index (χ1) is 12.6. The average molecular weight is 416 g/mol. The maximum atomic E-state index is 12.7. The molecule has 1 saturated carbocycles. The van der Waals surface area contributed by atoms with Crippen LogP contribution in [0.3, 0.4) is 0 Å². The van der Waals surface area contributed by atoms with Crippen LogP contribution in [0.4, 0.5) is 0 Å². The van der Waals surface area contributed by atoms with Crippen LogP contribution in [-0.4, -0.2) is 60.9 Å². The van der Waals surface area contributed by atoms with Crippen LogP contribution in [0.5, 0.6) is 5.75 Å². The molecule has 1 aliphatic carbocycles. The lowest BCUT2D eigenvalue weighted by molar-refractivity contribution is -0.143. The number of amides is 2. The Hall–Kier alpha value is -1.50. The molecule has 1 saturated heterocycles. The van der Waals surface area contributed by atoms with Crippen LogP contribution < -0.4 is 10.5 Å². The highest BCUT2D eigenvalue weighted by Gasteiger charge is 2.36. The molecule has 1 aromatic carbocycles. The normalized spacial score (nSPS) is 22.3. The number of carbonyl (C=O) groups excluding carboxylic acids is 2. The lowest BCUT2D eigenvalue weighted by Gasteiger charge is -2.36. The zero-order valence-corrected chi connectivity index (χ0v) is 16.9. The average Bonchev–Trinajstić information content (AvgIpc) is 3.15. The lowest BCUT2D eigenvalue weighted by atomic mass is 9.94. The largest absolute Gasteiger partial charge is 0.484 e. The van der Waals surface area contributed by atoms with Gasteiger partial charge in [-0.15, -0.1) is 12.4 Å². The molecule has 0 spiro atoms. The molecule has 2 amide bonds. The Morgan fingerprint density at radius 2 is 1.70 bits per heavy atom. The number of ether oxygens (including phenoxy) is 1. The van der Waals surface area contributed by atoms with Gasteiger partial charge in [0.1, 0.15) is 5.75 Å². The van der Waals surface area contributed by atoms with Gasteiger partial charge in [0, 0.05) is 37.1 Å². The molecule has 27 heavy (non-hydrogen) atoms. The van der Waals surface area contributed by atoms with Crippen LogP contribution in [-0.2, 0) is 9.59 Å². The predicted molar refractivity (Wildman–Crippen MR) is 107 cm³/mol. The van der Waals surface area contributed by atoms with Crippen molar-refractivity contribution in [3.8, 4) is 5.75 Å². The van der Waals surface area contributed by atoms with Gasteiger partial charge in [0.05, 0.1) is 0 Å². The van der Waals surface area contributed by atoms with E-state index in [2.05, 4.69) is 0 Å². The number of hydrogen-bond donors (Lipinski definition) is 1. The van der Waals surface area contributed by atoms with E-state index in [-0.39, 0.29) is 36.7 Å². The monoisotopic (exact) mass is 415 g/mol. The maximum absolute atomic E-state index is 12.7. The number of nitrogens with zero attached hydrogens (tertiary/aromatic N) is 2. The van der Waals surface area contributed by atoms with Crippen LogP contribution >= 0.6 is 24.0 Å². The van der Waals surface area contributed by atoms with Gasteiger partial charge in [0.15, 0.2) is 6.61 Å². The van der Waals surface area contributed by atoms with E-state index in [1.165, 1.54) is 0 Å². The fourth-order valence-electron chi connectivity index (χ4n) is 3.82. The predicted octanol–water partition coefficient (Wildman–Crippen LogP) is 2.19. The highest BCUT2D eigenvalue weighted by molar-refractivity contribution is 6.30. The first-order valence-corrected chi connectivity index (χ1v) is 9.61. The van der Waals surface area contributed by atoms with E-state index in [4.69, 9.17) is 22.1 Å². The van der Waals surface area contributed by atoms with Crippen LogP contribution in [0.15, 0.2) is 24.3 Å². The summed E-state index contributed by atoms with van der Waals surface area (Å²) in [6, 6.07) is 6.93. The molecule has 1 aromatic rings. The van der Waals surface area contributed by atoms with Gasteiger partial charge >= 0.3 is 0 Å². The number of piperazine rings is 1. The molecule has 0 bridgehead atoms. The van der Waals surface area contributed by atoms with Crippen molar-refractivity contribution in [2.75, 3.05) is 39.3 Å². The zero-order valence-electron chi connectivity index (χ0n) is 15.3. The molecule has 1 aliphatic heterocycles. The van der Waals surface area contributed by atoms with Gasteiger partial charge in [0.2, 0.25) is 5.91 Å². The van der Waals surface area contributed by atoms with E-state index in [9.17, 15) is 9.59 Å². The van der Waals surface area contributed by atoms with Crippen molar-refractivity contribution in [3.05, 3.63) is 29.3 Å². The van der Waals surface area contributed by atoms with Crippen molar-refractivity contribution >= 4 is 35.8 Å². The molecule has 2 N–H and O–H groups in total. The minimum atomic E-state index is -0.0623. The van der Waals surface area contributed by atoms with Gasteiger partial charge in [-0.3, -0.25) is 9.59 Å². The van der Waals surface area contributed by atoms with Crippen molar-refractivity contribution in [3.63, 3.8) is 0 Å². The third-order valence-electron chi connectivity index (χ3n) is 5.40. The summed E-state index contributed by atoms with van der Waals surface area (Å²) in [6.45, 7) is 2.84. The molecule has 3 rings (SSSR count). The molecule has 0 radical (unpaired) electrons. The van der Waals surface area contributed by atoms with Crippen LogP contribution in [0.1, 0.15) is 19.3 Å². The Labute approximate surface area is 171 Å². The first-order valence-electron chi connectivity index (χ1n) is 9.23. The van der Waals surface area contributed by atoms with E-state index >= 15 is 0 Å². The third-order valence-corrected chi connectivity index (χ3v) is 5.65. The molecule has 0 aromatic heterocycles. The van der Waals surface area contributed by atoms with Gasteiger partial charge in [-0.25, -0.2) is 0 Å². The second-order valence-corrected chi connectivity index (χ2v) is 7.42. The number of hydrogen-bond acceptors (Lipinski definition) is 4. The standard InChI is InChI=1S/C19H26ClN3O3.ClH/c20-15-4-6-16(7-5-15)26-13-18(24)22-8-10-23(11-9-22)19(25)17-3-1-2-14(17)12-21;/h4-7,14,17H,1-3,8-13,21H2;1H/t14-,17-;/m1./s1. The topological polar surface area (TPSA) is 75.9 Å². The van der Waals surface area contributed by atoms with Gasteiger partial charge in [-0.05, 0) is 49.6 Å². The number of nitrogens with two attached hydrogens (primary N) is 1. The van der Waals surface area contributed by atoms with E-state index < -0.39 is 0 Å². The molecule has 1 heterocycles. The second-order valence-electron chi connectivity index (χ2n) is 6.98. The smallest absolute Gasteiger partial charge is 0.260 e. The number of halogens is 2. The van der Waals surface area contributed by atoms with Crippen molar-refractivity contribution in [2.24, 2.45) is 17.6 Å². The summed E-state index contributed by atoms with van der Waals surface area (Å²) in [5, 5.41) is 0.628. The summed E-state index contributed by atoms with van der Waals surface area (Å²) < 4.78 is 5.52. The Morgan fingerprint density at radius 1 is 1.07 bits per heavy atom. The number of carbonyl (C=O) groups is 2. The van der Waals surface area contributed by atoms with Crippen molar-refractivity contribution < 1.29 is 14.3 Å². The van der Waals surface area contributed by atoms with Crippen molar-refractivity contribution in [1.29, 1.82) is 0 Å². The summed E-state index contributed by atoms with van der Waals surface area (Å²) in [5.74, 6) is 1.14. The maximum Gasteiger partial charge on any atom is 0.260 e. The molecule has 2 atom stereocenters. The number of rotatable bonds is 5. The first kappa shape index (κ1) is 21.8. The molecular formula is C19H27Cl2N3O3. The Kier molecular flexibility index (Phi) is 8.20. The van der Waals surface area contributed by atoms with Gasteiger partial charge < -0.3 is 20.3 Å². The van der Waals surface area contributed by atoms with Crippen molar-refractivity contribution in [2.45, 2.75) is 19.3 Å². The Morgan fingerprint density at radius 3 is 2.33 bits per heavy atom. The molecular weight excluding hydrogens is 389 g/mol. The summed E-state index contributed by atoms with van der Waals surface area (Å²) in [5.41, 5.74) is 5.80. The third kappa shape index (κ3) is 5.50. The van der Waals surface area contributed by atoms with Gasteiger partial charge in [-0.2, -0.15) is 0 Å². The summed E-state index contributed by atoms with van der Waals surface area (Å²) >= 11 is 5.83. The van der Waals surface area contributed by atoms with E-state index in [0.29, 0.717) is 49.4 Å². The molecule has 2 fully saturated rings. The van der Waals surface area contributed by atoms with Gasteiger partial charge in [-0.1, -0.05) is 18.0 Å². The molecule has 0 unspecified atom stereocenters. The summed E-state index contributed by atoms with van der Waals surface area (Å²) in [4.78, 5) is 28.7. The SMILES string of the molecule is Cl.NC[C@H]1CCC[C@H]1C(=O)N1CCN(C(=O)COc2ccc(Cl)cc2)CC1. The lowest BCUT2D eigenvalue weighted by Crippen LogP contribution is -2.53. The fraction of sp³-hybridized carbons (Fsp3) is 0.579. The van der Waals surface area contributed by atoms with Crippen LogP contribution in [0.2, 0.25) is 5.02 Å². The fourth-order valence-corrected chi connectivity index (χ4v) is 3.95. The quantitative estimate of drug-likeness (QED) is 0.799. The summed E-state index contributed by atoms with van der Waals surface area (Å²) in [6.07, 6.45) is 3.07. The second kappa shape index (κ2) is 10.2. The minimum Gasteiger partial charge on any atom is -0.484 e. The van der Waals surface area contributed by atoms with Crippen LogP contribution in [0.25, 0.3) is 0 Å². The molecule has 6 nitrogen and oxygen atoms in total. The molecule has 8 heteroatoms. The van der Waals surface area contributed by atoms with Crippen LogP contribution in [0, 0.1) is 11.8 Å². The van der Waals surface area contributed by atoms with E-state index in [0.717, 1.165) is 19.3 Å². The van der Waals surface area contributed by atoms with Crippen molar-refractivity contribution in [1.82, 2.24) is 9.80 Å². The Balaban J connectivity index is 0.00000261. The van der Waals surface area contributed by atoms with E-state index in [1.54, 1.807) is 29.2 Å². The molecule has 2 aliphatic rings. The highest BCUT2D eigenvalue weighted by atomic mass is 35.5. The minimum absolute atomic E-state index is 0. The zero-order chi connectivity index (χ0) is 18.5. The van der Waals surface area contributed by atoms with Gasteiger partial charge in [0.25, 0.3) is 5.91 Å². The number of benzene rings is 1. The van der Waals surface area contributed by atoms with E-state index in [1.807, 2.05) is 4.90 Å².